The van der Waals surface area contributed by atoms with Crippen LogP contribution in [0.5, 0.6) is 0 Å². The molecule has 0 saturated heterocycles. The van der Waals surface area contributed by atoms with Crippen molar-refractivity contribution in [2.75, 3.05) is 26.3 Å². The molecule has 80 valence electrons. The van der Waals surface area contributed by atoms with E-state index in [1.54, 1.807) is 0 Å². The van der Waals surface area contributed by atoms with Crippen molar-refractivity contribution in [1.82, 2.24) is 5.32 Å². The number of ether oxygens (including phenoxy) is 2. The summed E-state index contributed by atoms with van der Waals surface area (Å²) in [5.41, 5.74) is 0. The van der Waals surface area contributed by atoms with Gasteiger partial charge < -0.3 is 14.8 Å². The molecule has 0 aromatic rings. The van der Waals surface area contributed by atoms with Gasteiger partial charge in [0.2, 0.25) is 0 Å². The summed E-state index contributed by atoms with van der Waals surface area (Å²) in [5.74, 6) is 0. The van der Waals surface area contributed by atoms with Crippen molar-refractivity contribution in [3.05, 3.63) is 0 Å². The van der Waals surface area contributed by atoms with Gasteiger partial charge in [0.1, 0.15) is 0 Å². The highest BCUT2D eigenvalue weighted by atomic mass is 19.3. The Bertz CT molecular complexity index is 103. The van der Waals surface area contributed by atoms with Crippen molar-refractivity contribution >= 4 is 0 Å². The second-order valence-corrected chi connectivity index (χ2v) is 2.01. The SMILES string of the molecule is FC(F)OCCNCCOC(F)F. The van der Waals surface area contributed by atoms with Crippen LogP contribution in [-0.4, -0.2) is 39.5 Å². The second-order valence-electron chi connectivity index (χ2n) is 2.01. The smallest absolute Gasteiger partial charge is 0.322 e. The van der Waals surface area contributed by atoms with Crippen LogP contribution in [0.1, 0.15) is 0 Å². The molecule has 0 spiro atoms. The molecule has 0 rings (SSSR count). The van der Waals surface area contributed by atoms with Crippen molar-refractivity contribution in [3.8, 4) is 0 Å². The van der Waals surface area contributed by atoms with Crippen molar-refractivity contribution < 1.29 is 27.0 Å². The van der Waals surface area contributed by atoms with Gasteiger partial charge in [0.05, 0.1) is 13.2 Å². The van der Waals surface area contributed by atoms with Crippen LogP contribution in [0.3, 0.4) is 0 Å². The first-order valence-electron chi connectivity index (χ1n) is 3.63. The lowest BCUT2D eigenvalue weighted by atomic mass is 10.6. The minimum absolute atomic E-state index is 0.160. The van der Waals surface area contributed by atoms with E-state index in [2.05, 4.69) is 14.8 Å². The highest BCUT2D eigenvalue weighted by Gasteiger charge is 2.01. The molecule has 0 radical (unpaired) electrons. The van der Waals surface area contributed by atoms with E-state index in [0.29, 0.717) is 0 Å². The van der Waals surface area contributed by atoms with Crippen LogP contribution in [0, 0.1) is 0 Å². The Morgan fingerprint density at radius 2 is 1.23 bits per heavy atom. The predicted molar refractivity (Wildman–Crippen MR) is 36.8 cm³/mol. The van der Waals surface area contributed by atoms with Crippen LogP contribution in [0.2, 0.25) is 0 Å². The predicted octanol–water partition coefficient (Wildman–Crippen LogP) is 1.05. The Kier molecular flexibility index (Phi) is 7.96. The molecular formula is C6H11F4NO2. The Morgan fingerprint density at radius 1 is 0.846 bits per heavy atom. The first kappa shape index (κ1) is 12.6. The molecule has 0 atom stereocenters. The first-order chi connectivity index (χ1) is 6.13. The van der Waals surface area contributed by atoms with Gasteiger partial charge in [-0.15, -0.1) is 0 Å². The van der Waals surface area contributed by atoms with Crippen LogP contribution in [0.4, 0.5) is 17.6 Å². The summed E-state index contributed by atoms with van der Waals surface area (Å²) in [5, 5.41) is 2.58. The maximum Gasteiger partial charge on any atom is 0.345 e. The zero-order chi connectivity index (χ0) is 10.1. The molecule has 0 saturated carbocycles. The summed E-state index contributed by atoms with van der Waals surface area (Å²) >= 11 is 0. The largest absolute Gasteiger partial charge is 0.345 e. The fourth-order valence-corrected chi connectivity index (χ4v) is 0.565. The van der Waals surface area contributed by atoms with Crippen LogP contribution in [-0.2, 0) is 9.47 Å². The number of hydrogen-bond donors (Lipinski definition) is 1. The molecule has 0 aliphatic carbocycles. The molecule has 1 N–H and O–H groups in total. The number of nitrogens with one attached hydrogen (secondary N) is 1. The topological polar surface area (TPSA) is 30.5 Å². The summed E-state index contributed by atoms with van der Waals surface area (Å²) in [6, 6.07) is 0. The van der Waals surface area contributed by atoms with Gasteiger partial charge in [0.25, 0.3) is 0 Å². The van der Waals surface area contributed by atoms with Gasteiger partial charge in [0, 0.05) is 13.1 Å². The zero-order valence-electron chi connectivity index (χ0n) is 6.81. The molecule has 0 aromatic carbocycles. The third-order valence-corrected chi connectivity index (χ3v) is 1.05. The molecular weight excluding hydrogens is 194 g/mol. The maximum absolute atomic E-state index is 11.3. The van der Waals surface area contributed by atoms with Crippen molar-refractivity contribution in [1.29, 1.82) is 0 Å². The summed E-state index contributed by atoms with van der Waals surface area (Å²) in [6.07, 6.45) is 0. The number of halogens is 4. The normalized spacial score (nSPS) is 11.5. The minimum Gasteiger partial charge on any atom is -0.322 e. The maximum atomic E-state index is 11.3. The van der Waals surface area contributed by atoms with Crippen molar-refractivity contribution in [2.24, 2.45) is 0 Å². The van der Waals surface area contributed by atoms with Gasteiger partial charge in [-0.25, -0.2) is 0 Å². The lowest BCUT2D eigenvalue weighted by molar-refractivity contribution is -0.131. The molecule has 0 aromatic heterocycles. The van der Waals surface area contributed by atoms with Crippen LogP contribution in [0.15, 0.2) is 0 Å². The van der Waals surface area contributed by atoms with Gasteiger partial charge in [-0.1, -0.05) is 0 Å². The Labute approximate surface area is 73.0 Å². The molecule has 0 unspecified atom stereocenters. The fraction of sp³-hybridized carbons (Fsp3) is 1.00. The third-order valence-electron chi connectivity index (χ3n) is 1.05. The lowest BCUT2D eigenvalue weighted by Gasteiger charge is -2.05. The van der Waals surface area contributed by atoms with E-state index in [9.17, 15) is 17.6 Å². The van der Waals surface area contributed by atoms with Gasteiger partial charge in [-0.05, 0) is 0 Å². The van der Waals surface area contributed by atoms with E-state index in [1.165, 1.54) is 0 Å². The van der Waals surface area contributed by atoms with E-state index in [0.717, 1.165) is 0 Å². The monoisotopic (exact) mass is 205 g/mol. The van der Waals surface area contributed by atoms with E-state index in [4.69, 9.17) is 0 Å². The van der Waals surface area contributed by atoms with Crippen LogP contribution >= 0.6 is 0 Å². The van der Waals surface area contributed by atoms with Gasteiger partial charge in [-0.3, -0.25) is 0 Å². The molecule has 7 heteroatoms. The summed E-state index contributed by atoms with van der Waals surface area (Å²) < 4.78 is 53.1. The Hall–Kier alpha value is -0.400. The fourth-order valence-electron chi connectivity index (χ4n) is 0.565. The molecule has 0 aliphatic heterocycles. The third kappa shape index (κ3) is 11.6. The minimum atomic E-state index is -2.79. The first-order valence-corrected chi connectivity index (χ1v) is 3.63. The summed E-state index contributed by atoms with van der Waals surface area (Å²) in [7, 11) is 0. The number of alkyl halides is 4. The van der Waals surface area contributed by atoms with Gasteiger partial charge in [0.15, 0.2) is 0 Å². The number of rotatable bonds is 8. The average Bonchev–Trinajstić information content (AvgIpc) is 2.01. The highest BCUT2D eigenvalue weighted by molar-refractivity contribution is 4.43. The second kappa shape index (κ2) is 8.21. The molecule has 0 aliphatic rings. The molecule has 0 amide bonds. The Morgan fingerprint density at radius 3 is 1.54 bits per heavy atom. The number of hydrogen-bond acceptors (Lipinski definition) is 3. The van der Waals surface area contributed by atoms with E-state index < -0.39 is 13.2 Å². The standard InChI is InChI=1S/C6H11F4NO2/c7-5(8)12-3-1-11-2-4-13-6(9)10/h5-6,11H,1-4H2. The summed E-state index contributed by atoms with van der Waals surface area (Å²) in [6.45, 7) is -5.55. The van der Waals surface area contributed by atoms with Crippen LogP contribution in [0.25, 0.3) is 0 Å². The Balaban J connectivity index is 2.92. The molecule has 0 heterocycles. The lowest BCUT2D eigenvalue weighted by Crippen LogP contribution is -2.25. The van der Waals surface area contributed by atoms with Crippen molar-refractivity contribution in [3.63, 3.8) is 0 Å². The zero-order valence-corrected chi connectivity index (χ0v) is 6.81. The average molecular weight is 205 g/mol. The molecule has 0 bridgehead atoms. The highest BCUT2D eigenvalue weighted by Crippen LogP contribution is 1.93. The van der Waals surface area contributed by atoms with Crippen molar-refractivity contribution in [2.45, 2.75) is 13.2 Å². The van der Waals surface area contributed by atoms with Gasteiger partial charge in [-0.2, -0.15) is 17.6 Å². The molecule has 3 nitrogen and oxygen atoms in total. The quantitative estimate of drug-likeness (QED) is 0.474. The van der Waals surface area contributed by atoms with E-state index in [-0.39, 0.29) is 26.3 Å². The van der Waals surface area contributed by atoms with E-state index in [1.807, 2.05) is 0 Å². The molecule has 0 fully saturated rings. The summed E-state index contributed by atoms with van der Waals surface area (Å²) in [4.78, 5) is 0. The van der Waals surface area contributed by atoms with Gasteiger partial charge >= 0.3 is 13.2 Å². The van der Waals surface area contributed by atoms with Crippen LogP contribution < -0.4 is 5.32 Å². The molecule has 13 heavy (non-hydrogen) atoms. The van der Waals surface area contributed by atoms with E-state index >= 15 is 0 Å².